The molecular weight excluding hydrogens is 328 g/mol. The number of carbonyl (C=O) groups is 1. The number of aliphatic hydroxyl groups is 1. The van der Waals surface area contributed by atoms with E-state index in [-0.39, 0.29) is 0 Å². The summed E-state index contributed by atoms with van der Waals surface area (Å²) >= 11 is 14.4. The van der Waals surface area contributed by atoms with Crippen molar-refractivity contribution in [3.8, 4) is 0 Å². The molecule has 0 fully saturated rings. The van der Waals surface area contributed by atoms with Gasteiger partial charge in [-0.15, -0.1) is 0 Å². The van der Waals surface area contributed by atoms with Gasteiger partial charge in [0.2, 0.25) is 0 Å². The van der Waals surface area contributed by atoms with Crippen LogP contribution >= 0.6 is 34.8 Å². The number of alkyl halides is 9. The van der Waals surface area contributed by atoms with E-state index in [9.17, 15) is 31.1 Å². The van der Waals surface area contributed by atoms with Crippen molar-refractivity contribution in [2.75, 3.05) is 0 Å². The molecule has 0 aliphatic carbocycles. The first-order chi connectivity index (χ1) is 7.14. The molecule has 0 rings (SSSR count). The van der Waals surface area contributed by atoms with Crippen LogP contribution in [0.4, 0.5) is 26.3 Å². The van der Waals surface area contributed by atoms with Crippen molar-refractivity contribution in [2.45, 2.75) is 22.2 Å². The molecule has 1 atom stereocenters. The lowest BCUT2D eigenvalue weighted by Gasteiger charge is -2.20. The Hall–Kier alpha value is -0.120. The predicted molar refractivity (Wildman–Crippen MR) is 46.0 cm³/mol. The second kappa shape index (κ2) is 6.17. The average Bonchev–Trinajstić information content (AvgIpc) is 2.00. The lowest BCUT2D eigenvalue weighted by molar-refractivity contribution is -0.352. The van der Waals surface area contributed by atoms with Gasteiger partial charge in [-0.05, 0) is 0 Å². The van der Waals surface area contributed by atoms with Crippen LogP contribution < -0.4 is 0 Å². The van der Waals surface area contributed by atoms with E-state index in [4.69, 9.17) is 45.0 Å². The van der Waals surface area contributed by atoms with Crippen LogP contribution in [0.5, 0.6) is 0 Å². The van der Waals surface area contributed by atoms with Gasteiger partial charge in [0, 0.05) is 0 Å². The summed E-state index contributed by atoms with van der Waals surface area (Å²) in [6.07, 6.45) is -10.4. The Balaban J connectivity index is 0. The van der Waals surface area contributed by atoms with Crippen LogP contribution in [0.3, 0.4) is 0 Å². The maximum absolute atomic E-state index is 11.4. The number of carboxylic acids is 1. The highest BCUT2D eigenvalue weighted by Gasteiger charge is 2.62. The van der Waals surface area contributed by atoms with Crippen molar-refractivity contribution < 1.29 is 41.4 Å². The Kier molecular flexibility index (Phi) is 6.97. The summed E-state index contributed by atoms with van der Waals surface area (Å²) in [4.78, 5) is 9.62. The fraction of sp³-hybridized carbons (Fsp3) is 0.800. The smallest absolute Gasteiger partial charge is 0.454 e. The monoisotopic (exact) mass is 330 g/mol. The van der Waals surface area contributed by atoms with E-state index in [1.54, 1.807) is 0 Å². The van der Waals surface area contributed by atoms with Gasteiger partial charge in [0.1, 0.15) is 0 Å². The van der Waals surface area contributed by atoms with E-state index in [0.29, 0.717) is 0 Å². The van der Waals surface area contributed by atoms with Gasteiger partial charge in [-0.2, -0.15) is 17.6 Å². The molecule has 0 aromatic rings. The van der Waals surface area contributed by atoms with Crippen LogP contribution in [0.25, 0.3) is 0 Å². The second-order valence-corrected chi connectivity index (χ2v) is 4.56. The highest BCUT2D eigenvalue weighted by Crippen LogP contribution is 2.36. The molecule has 3 nitrogen and oxygen atoms in total. The fourth-order valence-corrected chi connectivity index (χ4v) is 0.124. The molecule has 0 aliphatic rings. The van der Waals surface area contributed by atoms with Crippen molar-refractivity contribution in [3.63, 3.8) is 0 Å². The maximum Gasteiger partial charge on any atom is 0.454 e. The number of hydrogen-bond acceptors (Lipinski definition) is 2. The normalized spacial score (nSPS) is 15.9. The summed E-state index contributed by atoms with van der Waals surface area (Å²) < 4.78 is 64.1. The van der Waals surface area contributed by atoms with E-state index in [2.05, 4.69) is 0 Å². The second-order valence-electron chi connectivity index (χ2n) is 2.27. The van der Waals surface area contributed by atoms with Crippen molar-refractivity contribution >= 4 is 40.8 Å². The molecule has 0 radical (unpaired) electrons. The summed E-state index contributed by atoms with van der Waals surface area (Å²) in [6.45, 7) is 0. The Morgan fingerprint density at radius 2 is 1.29 bits per heavy atom. The SMILES string of the molecule is O=C(O)C(Cl)(Cl)Cl.OC(F)(C(F)F)C(F)(F)F. The molecule has 2 N–H and O–H groups in total. The molecule has 0 heterocycles. The standard InChI is InChI=1S/C3H2F6O.C2HCl3O2/c4-1(5)2(6,10)3(7,8)9;3-2(4,5)1(6)7/h1,10H;(H,6,7). The molecule has 0 bridgehead atoms. The highest BCUT2D eigenvalue weighted by atomic mass is 35.6. The van der Waals surface area contributed by atoms with Gasteiger partial charge in [-0.25, -0.2) is 13.6 Å². The van der Waals surface area contributed by atoms with Gasteiger partial charge in [0.05, 0.1) is 0 Å². The molecule has 0 amide bonds. The Bertz CT molecular complexity index is 261. The molecule has 0 saturated carbocycles. The third kappa shape index (κ3) is 7.02. The first-order valence-corrected chi connectivity index (χ1v) is 4.33. The van der Waals surface area contributed by atoms with Crippen LogP contribution in [-0.2, 0) is 4.79 Å². The van der Waals surface area contributed by atoms with Gasteiger partial charge in [0.25, 0.3) is 3.79 Å². The lowest BCUT2D eigenvalue weighted by atomic mass is 10.3. The molecule has 12 heteroatoms. The molecule has 17 heavy (non-hydrogen) atoms. The van der Waals surface area contributed by atoms with Crippen molar-refractivity contribution in [3.05, 3.63) is 0 Å². The minimum absolute atomic E-state index is 1.46. The zero-order valence-corrected chi connectivity index (χ0v) is 9.55. The first-order valence-electron chi connectivity index (χ1n) is 3.20. The summed E-state index contributed by atoms with van der Waals surface area (Å²) in [5.41, 5.74) is 0. The summed E-state index contributed by atoms with van der Waals surface area (Å²) in [7, 11) is 0. The number of hydrogen-bond donors (Lipinski definition) is 2. The third-order valence-corrected chi connectivity index (χ3v) is 1.41. The molecule has 0 aromatic carbocycles. The fourth-order valence-electron chi connectivity index (χ4n) is 0.124. The summed E-state index contributed by atoms with van der Waals surface area (Å²) in [5.74, 6) is -6.86. The molecular formula is C5H3Cl3F6O3. The van der Waals surface area contributed by atoms with Gasteiger partial charge in [-0.3, -0.25) is 0 Å². The molecule has 104 valence electrons. The van der Waals surface area contributed by atoms with E-state index >= 15 is 0 Å². The van der Waals surface area contributed by atoms with Crippen LogP contribution in [0.15, 0.2) is 0 Å². The van der Waals surface area contributed by atoms with Crippen LogP contribution in [-0.4, -0.2) is 38.4 Å². The van der Waals surface area contributed by atoms with Crippen molar-refractivity contribution in [1.29, 1.82) is 0 Å². The molecule has 0 spiro atoms. The quantitative estimate of drug-likeness (QED) is 0.574. The summed E-state index contributed by atoms with van der Waals surface area (Å²) in [6, 6.07) is 0. The predicted octanol–water partition coefficient (Wildman–Crippen LogP) is 2.91. The van der Waals surface area contributed by atoms with Gasteiger partial charge < -0.3 is 10.2 Å². The van der Waals surface area contributed by atoms with Crippen molar-refractivity contribution in [2.24, 2.45) is 0 Å². The van der Waals surface area contributed by atoms with Crippen LogP contribution in [0.2, 0.25) is 0 Å². The van der Waals surface area contributed by atoms with Crippen LogP contribution in [0.1, 0.15) is 0 Å². The van der Waals surface area contributed by atoms with Crippen molar-refractivity contribution in [1.82, 2.24) is 0 Å². The summed E-state index contributed by atoms with van der Waals surface area (Å²) in [5, 5.41) is 15.2. The Morgan fingerprint density at radius 1 is 1.06 bits per heavy atom. The Morgan fingerprint density at radius 3 is 1.29 bits per heavy atom. The zero-order valence-electron chi connectivity index (χ0n) is 7.28. The van der Waals surface area contributed by atoms with Crippen LogP contribution in [0, 0.1) is 0 Å². The van der Waals surface area contributed by atoms with E-state index in [0.717, 1.165) is 0 Å². The Labute approximate surface area is 105 Å². The third-order valence-electron chi connectivity index (χ3n) is 0.929. The first kappa shape index (κ1) is 19.2. The topological polar surface area (TPSA) is 57.5 Å². The zero-order chi connectivity index (χ0) is 14.7. The lowest BCUT2D eigenvalue weighted by Crippen LogP contribution is -2.47. The minimum Gasteiger partial charge on any atom is -0.478 e. The largest absolute Gasteiger partial charge is 0.478 e. The molecule has 1 unspecified atom stereocenters. The number of halogens is 9. The van der Waals surface area contributed by atoms with E-state index in [1.165, 1.54) is 0 Å². The molecule has 0 aliphatic heterocycles. The van der Waals surface area contributed by atoms with Gasteiger partial charge in [-0.1, -0.05) is 34.8 Å². The average molecular weight is 331 g/mol. The maximum atomic E-state index is 11.4. The van der Waals surface area contributed by atoms with Gasteiger partial charge in [0.15, 0.2) is 0 Å². The number of aliphatic carboxylic acids is 1. The number of carboxylic acid groups (broad SMARTS) is 1. The minimum atomic E-state index is -5.94. The molecule has 0 saturated heterocycles. The molecule has 0 aromatic heterocycles. The van der Waals surface area contributed by atoms with E-state index < -0.39 is 28.2 Å². The van der Waals surface area contributed by atoms with Gasteiger partial charge >= 0.3 is 24.4 Å². The number of rotatable bonds is 1. The highest BCUT2D eigenvalue weighted by molar-refractivity contribution is 6.75. The van der Waals surface area contributed by atoms with E-state index in [1.807, 2.05) is 0 Å².